The van der Waals surface area contributed by atoms with Crippen LogP contribution < -0.4 is 5.32 Å². The van der Waals surface area contributed by atoms with Gasteiger partial charge in [-0.25, -0.2) is 9.97 Å². The van der Waals surface area contributed by atoms with Gasteiger partial charge in [-0.3, -0.25) is 5.10 Å². The fraction of sp³-hybridized carbons (Fsp3) is 0.219. The Bertz CT molecular complexity index is 1820. The molecular weight excluding hydrogens is 454 g/mol. The third-order valence-corrected chi connectivity index (χ3v) is 7.00. The fourth-order valence-corrected chi connectivity index (χ4v) is 5.15. The molecule has 0 aliphatic rings. The van der Waals surface area contributed by atoms with E-state index in [0.29, 0.717) is 6.04 Å². The number of fused-ring (bicyclic) bond motifs is 7. The van der Waals surface area contributed by atoms with Gasteiger partial charge in [-0.05, 0) is 71.8 Å². The number of allylic oxidation sites excluding steroid dienone is 1. The number of imidazole rings is 1. The highest BCUT2D eigenvalue weighted by atomic mass is 15.1. The van der Waals surface area contributed by atoms with Crippen molar-refractivity contribution in [1.29, 1.82) is 0 Å². The van der Waals surface area contributed by atoms with Gasteiger partial charge in [0.25, 0.3) is 0 Å². The summed E-state index contributed by atoms with van der Waals surface area (Å²) in [6, 6.07) is 20.4. The Morgan fingerprint density at radius 1 is 0.784 bits per heavy atom. The van der Waals surface area contributed by atoms with Crippen LogP contribution in [0.2, 0.25) is 0 Å². The molecule has 0 bridgehead atoms. The molecule has 6 aromatic rings. The Hall–Kier alpha value is -4.25. The molecule has 2 aromatic heterocycles. The van der Waals surface area contributed by atoms with Crippen molar-refractivity contribution in [2.45, 2.75) is 46.6 Å². The second-order valence-corrected chi connectivity index (χ2v) is 10.3. The number of nitrogens with zero attached hydrogens (tertiary/aromatic N) is 3. The minimum atomic E-state index is 0.267. The Labute approximate surface area is 216 Å². The van der Waals surface area contributed by atoms with Gasteiger partial charge in [-0.2, -0.15) is 5.10 Å². The van der Waals surface area contributed by atoms with Crippen LogP contribution in [-0.2, 0) is 0 Å². The summed E-state index contributed by atoms with van der Waals surface area (Å²) in [7, 11) is 0. The maximum absolute atomic E-state index is 4.92. The first-order valence-corrected chi connectivity index (χ1v) is 13.0. The van der Waals surface area contributed by atoms with Gasteiger partial charge in [-0.1, -0.05) is 56.3 Å². The van der Waals surface area contributed by atoms with Gasteiger partial charge in [0.05, 0.1) is 11.7 Å². The maximum Gasteiger partial charge on any atom is 0.132 e. The lowest BCUT2D eigenvalue weighted by atomic mass is 9.95. The number of hydrogen-bond acceptors (Lipinski definition) is 4. The number of H-pyrrole nitrogens is 1. The molecule has 5 nitrogen and oxygen atoms in total. The molecule has 184 valence electrons. The molecule has 6 rings (SSSR count). The second kappa shape index (κ2) is 9.00. The van der Waals surface area contributed by atoms with Crippen LogP contribution in [0.1, 0.15) is 51.9 Å². The monoisotopic (exact) mass is 485 g/mol. The van der Waals surface area contributed by atoms with E-state index < -0.39 is 0 Å². The molecule has 0 radical (unpaired) electrons. The molecule has 0 amide bonds. The number of rotatable bonds is 5. The average Bonchev–Trinajstić information content (AvgIpc) is 3.37. The highest BCUT2D eigenvalue weighted by Gasteiger charge is 2.16. The Morgan fingerprint density at radius 2 is 1.49 bits per heavy atom. The van der Waals surface area contributed by atoms with Gasteiger partial charge in [0.1, 0.15) is 11.3 Å². The van der Waals surface area contributed by atoms with Gasteiger partial charge < -0.3 is 5.32 Å². The quantitative estimate of drug-likeness (QED) is 0.243. The van der Waals surface area contributed by atoms with Crippen molar-refractivity contribution in [2.24, 2.45) is 0 Å². The highest BCUT2D eigenvalue weighted by molar-refractivity contribution is 6.23. The Balaban J connectivity index is 1.49. The van der Waals surface area contributed by atoms with Crippen LogP contribution in [0.15, 0.2) is 73.1 Å². The molecule has 0 aliphatic heterocycles. The number of benzene rings is 4. The summed E-state index contributed by atoms with van der Waals surface area (Å²) < 4.78 is 0. The molecule has 0 fully saturated rings. The van der Waals surface area contributed by atoms with Crippen LogP contribution in [-0.4, -0.2) is 26.2 Å². The van der Waals surface area contributed by atoms with Crippen molar-refractivity contribution in [3.63, 3.8) is 0 Å². The van der Waals surface area contributed by atoms with Gasteiger partial charge >= 0.3 is 0 Å². The molecule has 5 heteroatoms. The van der Waals surface area contributed by atoms with Crippen LogP contribution in [0.4, 0.5) is 0 Å². The Kier molecular flexibility index (Phi) is 5.64. The predicted octanol–water partition coefficient (Wildman–Crippen LogP) is 7.96. The zero-order valence-electron chi connectivity index (χ0n) is 21.9. The fourth-order valence-electron chi connectivity index (χ4n) is 5.15. The molecule has 0 saturated heterocycles. The summed E-state index contributed by atoms with van der Waals surface area (Å²) in [5, 5.41) is 17.7. The third kappa shape index (κ3) is 4.01. The number of nitrogens with one attached hydrogen (secondary N) is 2. The standard InChI is InChI=1S/C32H31N5/c1-6-29(35-19(4)5)24-10-9-20-13-21(7-8-22(20)14-24)23-11-12-25-26(15-23)27-16-33-34-17-28(27)31-30(25)36-32(37-31)18(2)3/h6-19,33,35H,1-5H3/b29-6-. The van der Waals surface area contributed by atoms with E-state index in [1.54, 1.807) is 0 Å². The van der Waals surface area contributed by atoms with Gasteiger partial charge in [0.2, 0.25) is 0 Å². The average molecular weight is 486 g/mol. The third-order valence-electron chi connectivity index (χ3n) is 7.00. The van der Waals surface area contributed by atoms with Crippen molar-refractivity contribution in [3.05, 3.63) is 84.5 Å². The summed E-state index contributed by atoms with van der Waals surface area (Å²) in [5.74, 6) is 1.14. The van der Waals surface area contributed by atoms with E-state index in [9.17, 15) is 0 Å². The van der Waals surface area contributed by atoms with Crippen LogP contribution in [0, 0.1) is 0 Å². The lowest BCUT2D eigenvalue weighted by Crippen LogP contribution is -2.20. The predicted molar refractivity (Wildman–Crippen MR) is 156 cm³/mol. The minimum absolute atomic E-state index is 0.267. The van der Waals surface area contributed by atoms with E-state index in [1.165, 1.54) is 27.5 Å². The molecular formula is C32H31N5. The normalized spacial score (nSPS) is 12.6. The lowest BCUT2D eigenvalue weighted by molar-refractivity contribution is 0.716. The Morgan fingerprint density at radius 3 is 2.24 bits per heavy atom. The van der Waals surface area contributed by atoms with E-state index in [4.69, 9.17) is 9.97 Å². The summed E-state index contributed by atoms with van der Waals surface area (Å²) in [6.45, 7) is 10.7. The minimum Gasteiger partial charge on any atom is -0.383 e. The molecule has 0 unspecified atom stereocenters. The van der Waals surface area contributed by atoms with Crippen LogP contribution in [0.5, 0.6) is 0 Å². The molecule has 37 heavy (non-hydrogen) atoms. The summed E-state index contributed by atoms with van der Waals surface area (Å²) in [5.41, 5.74) is 6.61. The molecule has 4 aromatic carbocycles. The molecule has 0 saturated carbocycles. The zero-order valence-corrected chi connectivity index (χ0v) is 21.9. The molecule has 0 aliphatic carbocycles. The second-order valence-electron chi connectivity index (χ2n) is 10.3. The largest absolute Gasteiger partial charge is 0.383 e. The van der Waals surface area contributed by atoms with E-state index in [2.05, 4.69) is 111 Å². The first-order valence-electron chi connectivity index (χ1n) is 13.0. The van der Waals surface area contributed by atoms with Crippen LogP contribution in [0.25, 0.3) is 60.2 Å². The zero-order chi connectivity index (χ0) is 25.7. The van der Waals surface area contributed by atoms with E-state index >= 15 is 0 Å². The summed E-state index contributed by atoms with van der Waals surface area (Å²) in [4.78, 5) is 9.80. The maximum atomic E-state index is 4.92. The lowest BCUT2D eigenvalue weighted by Gasteiger charge is -2.15. The van der Waals surface area contributed by atoms with Gasteiger partial charge in [-0.15, -0.1) is 0 Å². The first kappa shape index (κ1) is 23.2. The van der Waals surface area contributed by atoms with E-state index in [1.807, 2.05) is 12.4 Å². The molecule has 0 spiro atoms. The van der Waals surface area contributed by atoms with Crippen molar-refractivity contribution in [2.75, 3.05) is 0 Å². The van der Waals surface area contributed by atoms with Crippen molar-refractivity contribution >= 4 is 49.0 Å². The number of hydrogen-bond donors (Lipinski definition) is 2. The van der Waals surface area contributed by atoms with Crippen molar-refractivity contribution in [1.82, 2.24) is 25.5 Å². The van der Waals surface area contributed by atoms with E-state index in [-0.39, 0.29) is 5.92 Å². The molecule has 0 atom stereocenters. The summed E-state index contributed by atoms with van der Waals surface area (Å²) in [6.07, 6.45) is 5.97. The first-order chi connectivity index (χ1) is 17.9. The van der Waals surface area contributed by atoms with Crippen LogP contribution in [0.3, 0.4) is 0 Å². The molecule has 2 heterocycles. The topological polar surface area (TPSA) is 66.5 Å². The van der Waals surface area contributed by atoms with Crippen molar-refractivity contribution in [3.8, 4) is 11.1 Å². The van der Waals surface area contributed by atoms with Gasteiger partial charge in [0, 0.05) is 40.0 Å². The number of aromatic nitrogens is 4. The smallest absolute Gasteiger partial charge is 0.132 e. The van der Waals surface area contributed by atoms with Gasteiger partial charge in [0.15, 0.2) is 0 Å². The van der Waals surface area contributed by atoms with Crippen LogP contribution >= 0.6 is 0 Å². The van der Waals surface area contributed by atoms with Crippen molar-refractivity contribution < 1.29 is 0 Å². The molecule has 2 N–H and O–H groups in total. The van der Waals surface area contributed by atoms with E-state index in [0.717, 1.165) is 44.1 Å². The number of aromatic amines is 1. The highest BCUT2D eigenvalue weighted by Crippen LogP contribution is 2.37. The summed E-state index contributed by atoms with van der Waals surface area (Å²) >= 11 is 0. The SMILES string of the molecule is C/C=C(\NC(C)C)c1ccc2cc(-c3ccc4c(c3)c3c[nH]ncc3c3nc(C(C)C)nc43)ccc2c1.